The van der Waals surface area contributed by atoms with Crippen molar-refractivity contribution in [2.24, 2.45) is 0 Å². The number of halogens is 1. The van der Waals surface area contributed by atoms with Crippen molar-refractivity contribution in [3.63, 3.8) is 0 Å². The van der Waals surface area contributed by atoms with Crippen molar-refractivity contribution >= 4 is 23.4 Å². The van der Waals surface area contributed by atoms with Crippen LogP contribution in [0.2, 0.25) is 5.02 Å². The van der Waals surface area contributed by atoms with Gasteiger partial charge in [-0.1, -0.05) is 18.5 Å². The molecule has 0 bridgehead atoms. The lowest BCUT2D eigenvalue weighted by atomic mass is 10.2. The van der Waals surface area contributed by atoms with Gasteiger partial charge >= 0.3 is 0 Å². The van der Waals surface area contributed by atoms with Crippen molar-refractivity contribution in [1.29, 1.82) is 0 Å². The van der Waals surface area contributed by atoms with Crippen molar-refractivity contribution in [3.8, 4) is 0 Å². The Balaban J connectivity index is 2.53. The van der Waals surface area contributed by atoms with E-state index < -0.39 is 6.04 Å². The molecule has 0 heterocycles. The Morgan fingerprint density at radius 3 is 2.44 bits per heavy atom. The molecule has 0 saturated carbocycles. The predicted molar refractivity (Wildman–Crippen MR) is 71.7 cm³/mol. The highest BCUT2D eigenvalue weighted by Crippen LogP contribution is 2.09. The quantitative estimate of drug-likeness (QED) is 0.858. The Hall–Kier alpha value is -1.55. The maximum absolute atomic E-state index is 11.8. The van der Waals surface area contributed by atoms with E-state index in [0.717, 1.165) is 6.42 Å². The van der Waals surface area contributed by atoms with Gasteiger partial charge in [0.25, 0.3) is 5.91 Å². The fourth-order valence-corrected chi connectivity index (χ4v) is 1.47. The van der Waals surface area contributed by atoms with Crippen LogP contribution in [0.4, 0.5) is 0 Å². The summed E-state index contributed by atoms with van der Waals surface area (Å²) in [5.41, 5.74) is 0.481. The Morgan fingerprint density at radius 1 is 1.28 bits per heavy atom. The molecule has 1 atom stereocenters. The van der Waals surface area contributed by atoms with E-state index in [4.69, 9.17) is 11.6 Å². The number of amides is 2. The van der Waals surface area contributed by atoms with Crippen molar-refractivity contribution in [2.45, 2.75) is 26.3 Å². The van der Waals surface area contributed by atoms with Crippen LogP contribution in [0.3, 0.4) is 0 Å². The monoisotopic (exact) mass is 268 g/mol. The average molecular weight is 269 g/mol. The number of hydrogen-bond donors (Lipinski definition) is 2. The van der Waals surface area contributed by atoms with Crippen LogP contribution in [-0.4, -0.2) is 24.4 Å². The Morgan fingerprint density at radius 2 is 1.89 bits per heavy atom. The highest BCUT2D eigenvalue weighted by Gasteiger charge is 2.15. The number of hydrogen-bond acceptors (Lipinski definition) is 2. The molecule has 0 radical (unpaired) electrons. The van der Waals surface area contributed by atoms with Gasteiger partial charge in [-0.3, -0.25) is 9.59 Å². The zero-order valence-electron chi connectivity index (χ0n) is 10.5. The number of benzene rings is 1. The molecule has 98 valence electrons. The zero-order chi connectivity index (χ0) is 13.5. The summed E-state index contributed by atoms with van der Waals surface area (Å²) in [5, 5.41) is 5.92. The molecule has 0 aliphatic heterocycles. The van der Waals surface area contributed by atoms with E-state index in [1.54, 1.807) is 31.2 Å². The second kappa shape index (κ2) is 7.01. The van der Waals surface area contributed by atoms with Crippen LogP contribution in [0.1, 0.15) is 30.6 Å². The lowest BCUT2D eigenvalue weighted by molar-refractivity contribution is -0.122. The average Bonchev–Trinajstić information content (AvgIpc) is 2.36. The van der Waals surface area contributed by atoms with Crippen molar-refractivity contribution < 1.29 is 9.59 Å². The van der Waals surface area contributed by atoms with E-state index in [2.05, 4.69) is 10.6 Å². The van der Waals surface area contributed by atoms with Crippen LogP contribution in [0.5, 0.6) is 0 Å². The van der Waals surface area contributed by atoms with Crippen LogP contribution >= 0.6 is 11.6 Å². The highest BCUT2D eigenvalue weighted by atomic mass is 35.5. The lowest BCUT2D eigenvalue weighted by Gasteiger charge is -2.13. The van der Waals surface area contributed by atoms with Crippen LogP contribution in [0.25, 0.3) is 0 Å². The molecule has 0 aliphatic rings. The van der Waals surface area contributed by atoms with Gasteiger partial charge in [0.15, 0.2) is 0 Å². The van der Waals surface area contributed by atoms with E-state index in [0.29, 0.717) is 17.1 Å². The minimum Gasteiger partial charge on any atom is -0.354 e. The smallest absolute Gasteiger partial charge is 0.251 e. The SMILES string of the molecule is CCCNC(=O)[C@@H](C)NC(=O)c1ccc(Cl)cc1. The van der Waals surface area contributed by atoms with Crippen LogP contribution in [-0.2, 0) is 4.79 Å². The minimum absolute atomic E-state index is 0.181. The molecule has 2 N–H and O–H groups in total. The molecule has 5 heteroatoms. The second-order valence-electron chi connectivity index (χ2n) is 3.99. The highest BCUT2D eigenvalue weighted by molar-refractivity contribution is 6.30. The molecule has 2 amide bonds. The summed E-state index contributed by atoms with van der Waals surface area (Å²) in [7, 11) is 0. The molecule has 0 aliphatic carbocycles. The lowest BCUT2D eigenvalue weighted by Crippen LogP contribution is -2.44. The van der Waals surface area contributed by atoms with Gasteiger partial charge < -0.3 is 10.6 Å². The Bertz CT molecular complexity index is 418. The van der Waals surface area contributed by atoms with Gasteiger partial charge in [-0.15, -0.1) is 0 Å². The molecule has 0 aromatic heterocycles. The van der Waals surface area contributed by atoms with Crippen molar-refractivity contribution in [3.05, 3.63) is 34.9 Å². The van der Waals surface area contributed by atoms with Gasteiger partial charge in [-0.05, 0) is 37.6 Å². The van der Waals surface area contributed by atoms with Gasteiger partial charge in [0.2, 0.25) is 5.91 Å². The third-order valence-electron chi connectivity index (χ3n) is 2.40. The second-order valence-corrected chi connectivity index (χ2v) is 4.43. The van der Waals surface area contributed by atoms with Crippen LogP contribution in [0, 0.1) is 0 Å². The van der Waals surface area contributed by atoms with E-state index >= 15 is 0 Å². The van der Waals surface area contributed by atoms with Gasteiger partial charge in [-0.2, -0.15) is 0 Å². The first-order chi connectivity index (χ1) is 8.54. The molecular formula is C13H17ClN2O2. The third-order valence-corrected chi connectivity index (χ3v) is 2.65. The molecule has 1 aromatic carbocycles. The maximum Gasteiger partial charge on any atom is 0.251 e. The molecule has 0 spiro atoms. The summed E-state index contributed by atoms with van der Waals surface area (Å²) >= 11 is 5.73. The third kappa shape index (κ3) is 4.37. The summed E-state index contributed by atoms with van der Waals surface area (Å²) in [6, 6.07) is 5.96. The Labute approximate surface area is 112 Å². The number of nitrogens with one attached hydrogen (secondary N) is 2. The first-order valence-electron chi connectivity index (χ1n) is 5.88. The molecule has 0 saturated heterocycles. The van der Waals surface area contributed by atoms with Crippen molar-refractivity contribution in [2.75, 3.05) is 6.54 Å². The maximum atomic E-state index is 11.8. The predicted octanol–water partition coefficient (Wildman–Crippen LogP) is 1.98. The van der Waals surface area contributed by atoms with Gasteiger partial charge in [0, 0.05) is 17.1 Å². The number of rotatable bonds is 5. The Kier molecular flexibility index (Phi) is 5.65. The van der Waals surface area contributed by atoms with Crippen LogP contribution in [0.15, 0.2) is 24.3 Å². The van der Waals surface area contributed by atoms with Gasteiger partial charge in [0.1, 0.15) is 6.04 Å². The summed E-state index contributed by atoms with van der Waals surface area (Å²) in [6.07, 6.45) is 0.865. The van der Waals surface area contributed by atoms with E-state index in [1.165, 1.54) is 0 Å². The summed E-state index contributed by atoms with van der Waals surface area (Å²) in [6.45, 7) is 4.23. The molecule has 4 nitrogen and oxygen atoms in total. The van der Waals surface area contributed by atoms with Gasteiger partial charge in [-0.25, -0.2) is 0 Å². The first-order valence-corrected chi connectivity index (χ1v) is 6.26. The number of carbonyl (C=O) groups is 2. The van der Waals surface area contributed by atoms with Crippen molar-refractivity contribution in [1.82, 2.24) is 10.6 Å². The van der Waals surface area contributed by atoms with E-state index in [1.807, 2.05) is 6.92 Å². The zero-order valence-corrected chi connectivity index (χ0v) is 11.3. The van der Waals surface area contributed by atoms with Crippen LogP contribution < -0.4 is 10.6 Å². The van der Waals surface area contributed by atoms with E-state index in [9.17, 15) is 9.59 Å². The summed E-state index contributed by atoms with van der Waals surface area (Å²) in [5.74, 6) is -0.468. The molecule has 18 heavy (non-hydrogen) atoms. The number of carbonyl (C=O) groups excluding carboxylic acids is 2. The molecular weight excluding hydrogens is 252 g/mol. The van der Waals surface area contributed by atoms with Gasteiger partial charge in [0.05, 0.1) is 0 Å². The first kappa shape index (κ1) is 14.5. The summed E-state index contributed by atoms with van der Waals surface area (Å²) in [4.78, 5) is 23.4. The molecule has 1 rings (SSSR count). The summed E-state index contributed by atoms with van der Waals surface area (Å²) < 4.78 is 0. The topological polar surface area (TPSA) is 58.2 Å². The molecule has 0 fully saturated rings. The normalized spacial score (nSPS) is 11.7. The standard InChI is InChI=1S/C13H17ClN2O2/c1-3-8-15-12(17)9(2)16-13(18)10-4-6-11(14)7-5-10/h4-7,9H,3,8H2,1-2H3,(H,15,17)(H,16,18)/t9-/m1/s1. The fourth-order valence-electron chi connectivity index (χ4n) is 1.35. The van der Waals surface area contributed by atoms with E-state index in [-0.39, 0.29) is 11.8 Å². The molecule has 1 aromatic rings. The molecule has 0 unspecified atom stereocenters. The largest absolute Gasteiger partial charge is 0.354 e. The minimum atomic E-state index is -0.556. The fraction of sp³-hybridized carbons (Fsp3) is 0.385.